The zero-order valence-corrected chi connectivity index (χ0v) is 27.6. The highest BCUT2D eigenvalue weighted by Crippen LogP contribution is 2.09. The summed E-state index contributed by atoms with van der Waals surface area (Å²) in [4.78, 5) is 116. The summed E-state index contributed by atoms with van der Waals surface area (Å²) >= 11 is 0. The van der Waals surface area contributed by atoms with Gasteiger partial charge in [-0.1, -0.05) is 12.1 Å². The smallest absolute Gasteiger partial charge is 0.303 e. The number of halogens is 1. The maximum atomic E-state index is 14.0. The number of nitrogens with two attached hydrogens (primary N) is 1. The van der Waals surface area contributed by atoms with Gasteiger partial charge in [0.2, 0.25) is 35.4 Å². The number of hydrogen-bond donors (Lipinski definition) is 10. The third-order valence-corrected chi connectivity index (χ3v) is 7.19. The summed E-state index contributed by atoms with van der Waals surface area (Å²) < 4.78 is 14.0. The zero-order valence-electron chi connectivity index (χ0n) is 27.6. The van der Waals surface area contributed by atoms with E-state index in [9.17, 15) is 47.5 Å². The zero-order chi connectivity index (χ0) is 38.8. The molecule has 282 valence electrons. The molecular formula is C31H39FN8O12. The molecule has 2 aromatic rings. The Labute approximate surface area is 294 Å². The molecule has 20 nitrogen and oxygen atoms in total. The molecule has 0 aliphatic heterocycles. The molecule has 0 spiro atoms. The number of amides is 6. The van der Waals surface area contributed by atoms with Crippen LogP contribution in [0.1, 0.15) is 49.8 Å². The van der Waals surface area contributed by atoms with Gasteiger partial charge in [0, 0.05) is 44.0 Å². The van der Waals surface area contributed by atoms with Gasteiger partial charge in [-0.15, -0.1) is 0 Å². The van der Waals surface area contributed by atoms with Crippen LogP contribution in [-0.4, -0.2) is 109 Å². The van der Waals surface area contributed by atoms with Gasteiger partial charge in [0.15, 0.2) is 0 Å². The van der Waals surface area contributed by atoms with Crippen LogP contribution < -0.4 is 32.3 Å². The van der Waals surface area contributed by atoms with E-state index in [0.717, 1.165) is 12.1 Å². The largest absolute Gasteiger partial charge is 0.481 e. The van der Waals surface area contributed by atoms with Gasteiger partial charge >= 0.3 is 17.9 Å². The van der Waals surface area contributed by atoms with Gasteiger partial charge in [-0.2, -0.15) is 0 Å². The minimum atomic E-state index is -1.51. The van der Waals surface area contributed by atoms with Crippen molar-refractivity contribution in [1.82, 2.24) is 36.6 Å². The molecule has 0 saturated heterocycles. The number of rotatable bonds is 23. The number of aromatic nitrogens is 2. The van der Waals surface area contributed by atoms with Gasteiger partial charge in [0.1, 0.15) is 30.0 Å². The molecule has 4 unspecified atom stereocenters. The van der Waals surface area contributed by atoms with E-state index in [1.165, 1.54) is 24.7 Å². The molecule has 0 aliphatic carbocycles. The van der Waals surface area contributed by atoms with E-state index >= 15 is 0 Å². The van der Waals surface area contributed by atoms with Gasteiger partial charge in [0.25, 0.3) is 0 Å². The average molecular weight is 735 g/mol. The molecule has 2 rings (SSSR count). The van der Waals surface area contributed by atoms with E-state index in [1.807, 2.05) is 0 Å². The van der Waals surface area contributed by atoms with Crippen molar-refractivity contribution in [2.24, 2.45) is 5.73 Å². The van der Waals surface area contributed by atoms with E-state index < -0.39 is 122 Å². The molecule has 0 fully saturated rings. The number of carboxylic acids is 3. The number of carbonyl (C=O) groups is 9. The minimum Gasteiger partial charge on any atom is -0.481 e. The molecule has 1 aromatic heterocycles. The first-order chi connectivity index (χ1) is 24.5. The van der Waals surface area contributed by atoms with Gasteiger partial charge < -0.3 is 52.6 Å². The first-order valence-electron chi connectivity index (χ1n) is 15.7. The van der Waals surface area contributed by atoms with E-state index in [2.05, 4.69) is 36.6 Å². The fraction of sp³-hybridized carbons (Fsp3) is 0.419. The fourth-order valence-electron chi connectivity index (χ4n) is 4.59. The Morgan fingerprint density at radius 1 is 0.712 bits per heavy atom. The molecule has 0 radical (unpaired) electrons. The first-order valence-corrected chi connectivity index (χ1v) is 15.7. The molecule has 0 saturated carbocycles. The number of carboxylic acid groups (broad SMARTS) is 3. The first kappa shape index (κ1) is 41.8. The second kappa shape index (κ2) is 21.0. The lowest BCUT2D eigenvalue weighted by Crippen LogP contribution is -2.58. The lowest BCUT2D eigenvalue weighted by Gasteiger charge is -2.25. The normalized spacial score (nSPS) is 12.9. The number of aliphatic carboxylic acids is 3. The molecule has 1 aromatic carbocycles. The number of primary amides is 1. The van der Waals surface area contributed by atoms with Crippen molar-refractivity contribution in [1.29, 1.82) is 0 Å². The molecule has 21 heteroatoms. The standard InChI is InChI=1S/C31H39FN8O12/c32-17-3-1-2-16(10-17)11-21(38-24(42)14-35-29(50)20(5-8-26(45)46)37-23(41)6-9-27(47)48)30(51)40-22(12-18-13-34-15-36-18)31(52)39-19(28(33)49)4-7-25(43)44/h1-3,10,13,15,19-22H,4-9,11-12,14H2,(H2,33,49)(H,34,36)(H,35,50)(H,37,41)(H,38,42)(H,39,52)(H,40,51)(H,43,44)(H,45,46)(H,47,48). The van der Waals surface area contributed by atoms with E-state index in [4.69, 9.17) is 21.1 Å². The summed E-state index contributed by atoms with van der Waals surface area (Å²) in [6, 6.07) is -0.825. The number of H-pyrrole nitrogens is 1. The van der Waals surface area contributed by atoms with Crippen LogP contribution in [0.15, 0.2) is 36.8 Å². The summed E-state index contributed by atoms with van der Waals surface area (Å²) in [5, 5.41) is 38.3. The molecule has 0 bridgehead atoms. The lowest BCUT2D eigenvalue weighted by molar-refractivity contribution is -0.139. The minimum absolute atomic E-state index is 0.228. The average Bonchev–Trinajstić information content (AvgIpc) is 3.58. The van der Waals surface area contributed by atoms with Crippen LogP contribution in [0.5, 0.6) is 0 Å². The van der Waals surface area contributed by atoms with Crippen molar-refractivity contribution in [2.45, 2.75) is 75.5 Å². The Morgan fingerprint density at radius 2 is 1.29 bits per heavy atom. The van der Waals surface area contributed by atoms with Crippen LogP contribution in [0, 0.1) is 5.82 Å². The second-order valence-corrected chi connectivity index (χ2v) is 11.4. The maximum Gasteiger partial charge on any atom is 0.303 e. The molecule has 1 heterocycles. The van der Waals surface area contributed by atoms with Gasteiger partial charge in [-0.05, 0) is 30.5 Å². The summed E-state index contributed by atoms with van der Waals surface area (Å²) in [5.74, 6) is -10.3. The Kier molecular flexibility index (Phi) is 16.8. The van der Waals surface area contributed by atoms with Crippen molar-refractivity contribution in [2.75, 3.05) is 6.54 Å². The number of nitrogens with one attached hydrogen (secondary N) is 6. The molecule has 11 N–H and O–H groups in total. The third-order valence-electron chi connectivity index (χ3n) is 7.19. The van der Waals surface area contributed by atoms with Crippen LogP contribution in [0.2, 0.25) is 0 Å². The van der Waals surface area contributed by atoms with Crippen LogP contribution in [0.25, 0.3) is 0 Å². The SMILES string of the molecule is NC(=O)C(CCC(=O)O)NC(=O)C(Cc1cnc[nH]1)NC(=O)C(Cc1cccc(F)c1)NC(=O)CNC(=O)C(CCC(=O)O)NC(=O)CCC(=O)O. The van der Waals surface area contributed by atoms with E-state index in [1.54, 1.807) is 0 Å². The number of hydrogen-bond acceptors (Lipinski definition) is 10. The second-order valence-electron chi connectivity index (χ2n) is 11.4. The summed E-state index contributed by atoms with van der Waals surface area (Å²) in [5.41, 5.74) is 5.92. The monoisotopic (exact) mass is 734 g/mol. The summed E-state index contributed by atoms with van der Waals surface area (Å²) in [6.45, 7) is -0.803. The Hall–Kier alpha value is -6.41. The van der Waals surface area contributed by atoms with Crippen molar-refractivity contribution >= 4 is 53.4 Å². The van der Waals surface area contributed by atoms with Gasteiger partial charge in [-0.25, -0.2) is 9.37 Å². The number of nitrogens with zero attached hydrogens (tertiary/aromatic N) is 1. The topological polar surface area (TPSA) is 329 Å². The molecule has 0 aliphatic rings. The predicted molar refractivity (Wildman–Crippen MR) is 173 cm³/mol. The summed E-state index contributed by atoms with van der Waals surface area (Å²) in [7, 11) is 0. The maximum absolute atomic E-state index is 14.0. The van der Waals surface area contributed by atoms with E-state index in [0.29, 0.717) is 5.69 Å². The van der Waals surface area contributed by atoms with Crippen LogP contribution >= 0.6 is 0 Å². The molecule has 4 atom stereocenters. The summed E-state index contributed by atoms with van der Waals surface area (Å²) in [6.07, 6.45) is -0.818. The number of carbonyl (C=O) groups excluding carboxylic acids is 6. The van der Waals surface area contributed by atoms with Gasteiger partial charge in [-0.3, -0.25) is 43.2 Å². The van der Waals surface area contributed by atoms with Crippen LogP contribution in [-0.2, 0) is 56.0 Å². The molecule has 6 amide bonds. The van der Waals surface area contributed by atoms with Crippen molar-refractivity contribution in [3.05, 3.63) is 53.9 Å². The van der Waals surface area contributed by atoms with Crippen LogP contribution in [0.4, 0.5) is 4.39 Å². The quantitative estimate of drug-likeness (QED) is 0.0564. The molecule has 52 heavy (non-hydrogen) atoms. The third kappa shape index (κ3) is 15.9. The molecular weight excluding hydrogens is 695 g/mol. The van der Waals surface area contributed by atoms with E-state index in [-0.39, 0.29) is 24.8 Å². The number of imidazole rings is 1. The Balaban J connectivity index is 2.25. The van der Waals surface area contributed by atoms with Crippen molar-refractivity contribution in [3.8, 4) is 0 Å². The van der Waals surface area contributed by atoms with Crippen molar-refractivity contribution in [3.63, 3.8) is 0 Å². The van der Waals surface area contributed by atoms with Crippen LogP contribution in [0.3, 0.4) is 0 Å². The number of aromatic amines is 1. The van der Waals surface area contributed by atoms with Gasteiger partial charge in [0.05, 0.1) is 19.3 Å². The highest BCUT2D eigenvalue weighted by molar-refractivity contribution is 5.95. The fourth-order valence-corrected chi connectivity index (χ4v) is 4.59. The Morgan fingerprint density at radius 3 is 1.85 bits per heavy atom. The lowest BCUT2D eigenvalue weighted by atomic mass is 10.0. The van der Waals surface area contributed by atoms with Crippen molar-refractivity contribution < 1.29 is 62.9 Å². The highest BCUT2D eigenvalue weighted by Gasteiger charge is 2.31. The predicted octanol–water partition coefficient (Wildman–Crippen LogP) is -2.53. The Bertz CT molecular complexity index is 1620. The number of benzene rings is 1. The highest BCUT2D eigenvalue weighted by atomic mass is 19.1.